The monoisotopic (exact) mass is 159 g/mol. The number of rotatable bonds is 2. The van der Waals surface area contributed by atoms with Crippen molar-refractivity contribution in [1.29, 1.82) is 0 Å². The first-order chi connectivity index (χ1) is 5.86. The molecule has 62 valence electrons. The number of aryl methyl sites for hydroxylation is 1. The number of imidazole rings is 1. The van der Waals surface area contributed by atoms with Gasteiger partial charge in [-0.05, 0) is 6.92 Å². The molecule has 0 radical (unpaired) electrons. The average Bonchev–Trinajstić information content (AvgIpc) is 2.65. The molecule has 0 bridgehead atoms. The van der Waals surface area contributed by atoms with Gasteiger partial charge >= 0.3 is 0 Å². The lowest BCUT2D eigenvalue weighted by Gasteiger charge is -2.05. The first kappa shape index (κ1) is 7.22. The second kappa shape index (κ2) is 2.89. The number of hydrogen-bond donors (Lipinski definition) is 0. The van der Waals surface area contributed by atoms with E-state index in [1.807, 2.05) is 19.3 Å². The van der Waals surface area contributed by atoms with Crippen LogP contribution in [0.2, 0.25) is 0 Å². The van der Waals surface area contributed by atoms with Crippen LogP contribution in [0.5, 0.6) is 0 Å². The smallest absolute Gasteiger partial charge is 0.104 e. The highest BCUT2D eigenvalue weighted by molar-refractivity contribution is 5.16. The molecular weight excluding hydrogens is 148 g/mol. The minimum Gasteiger partial charge on any atom is -0.342 e. The van der Waals surface area contributed by atoms with E-state index in [0.29, 0.717) is 0 Å². The molecule has 0 atom stereocenters. The van der Waals surface area contributed by atoms with Gasteiger partial charge in [0.25, 0.3) is 0 Å². The van der Waals surface area contributed by atoms with Crippen molar-refractivity contribution < 1.29 is 0 Å². The van der Waals surface area contributed by atoms with E-state index in [9.17, 15) is 0 Å². The van der Waals surface area contributed by atoms with Gasteiger partial charge in [0.05, 0.1) is 0 Å². The van der Waals surface area contributed by atoms with E-state index in [1.165, 1.54) is 5.56 Å². The molecule has 2 heteroatoms. The van der Waals surface area contributed by atoms with Gasteiger partial charge in [-0.25, -0.2) is 17.1 Å². The van der Waals surface area contributed by atoms with Gasteiger partial charge in [0, 0.05) is 18.9 Å². The molecule has 0 spiro atoms. The third-order valence-electron chi connectivity index (χ3n) is 2.01. The Bertz CT molecular complexity index is 344. The molecule has 0 aliphatic heterocycles. The Morgan fingerprint density at radius 3 is 2.75 bits per heavy atom. The van der Waals surface area contributed by atoms with Crippen LogP contribution >= 0.6 is 0 Å². The topological polar surface area (TPSA) is 17.8 Å². The lowest BCUT2D eigenvalue weighted by molar-refractivity contribution is 0.763. The van der Waals surface area contributed by atoms with Crippen LogP contribution in [0.4, 0.5) is 0 Å². The van der Waals surface area contributed by atoms with Crippen LogP contribution in [0.3, 0.4) is 0 Å². The zero-order valence-electron chi connectivity index (χ0n) is 7.07. The van der Waals surface area contributed by atoms with Gasteiger partial charge in [-0.1, -0.05) is 0 Å². The van der Waals surface area contributed by atoms with Crippen LogP contribution in [-0.2, 0) is 6.54 Å². The summed E-state index contributed by atoms with van der Waals surface area (Å²) < 4.78 is 2.13. The second-order valence-corrected chi connectivity index (χ2v) is 2.90. The summed E-state index contributed by atoms with van der Waals surface area (Å²) in [5.41, 5.74) is 1.33. The van der Waals surface area contributed by atoms with Crippen LogP contribution in [0.25, 0.3) is 0 Å². The van der Waals surface area contributed by atoms with Gasteiger partial charge < -0.3 is 4.57 Å². The average molecular weight is 159 g/mol. The Morgan fingerprint density at radius 2 is 2.17 bits per heavy atom. The fraction of sp³-hybridized carbons (Fsp3) is 0.200. The fourth-order valence-corrected chi connectivity index (χ4v) is 1.29. The quantitative estimate of drug-likeness (QED) is 0.612. The largest absolute Gasteiger partial charge is 0.342 e. The normalized spacial score (nSPS) is 10.4. The van der Waals surface area contributed by atoms with Gasteiger partial charge in [-0.2, -0.15) is 12.1 Å². The van der Waals surface area contributed by atoms with Gasteiger partial charge in [-0.3, -0.25) is 0 Å². The number of nitrogens with zero attached hydrogens (tertiary/aromatic N) is 2. The summed E-state index contributed by atoms with van der Waals surface area (Å²) >= 11 is 0. The zero-order chi connectivity index (χ0) is 8.39. The van der Waals surface area contributed by atoms with E-state index >= 15 is 0 Å². The van der Waals surface area contributed by atoms with Crippen LogP contribution in [-0.4, -0.2) is 9.55 Å². The van der Waals surface area contributed by atoms with Crippen molar-refractivity contribution >= 4 is 0 Å². The van der Waals surface area contributed by atoms with Crippen molar-refractivity contribution in [1.82, 2.24) is 9.55 Å². The summed E-state index contributed by atoms with van der Waals surface area (Å²) in [5.74, 6) is 1.07. The van der Waals surface area contributed by atoms with Crippen molar-refractivity contribution in [2.24, 2.45) is 0 Å². The van der Waals surface area contributed by atoms with Crippen LogP contribution in [0.1, 0.15) is 11.4 Å². The fourth-order valence-electron chi connectivity index (χ4n) is 1.29. The van der Waals surface area contributed by atoms with Crippen LogP contribution in [0, 0.1) is 6.92 Å². The van der Waals surface area contributed by atoms with Crippen LogP contribution < -0.4 is 0 Å². The predicted octanol–water partition coefficient (Wildman–Crippen LogP) is 1.96. The Balaban J connectivity index is 2.20. The Hall–Kier alpha value is -1.44. The lowest BCUT2D eigenvalue weighted by Crippen LogP contribution is -1.98. The van der Waals surface area contributed by atoms with E-state index in [-0.39, 0.29) is 0 Å². The third kappa shape index (κ3) is 1.28. The predicted molar refractivity (Wildman–Crippen MR) is 48.1 cm³/mol. The molecule has 12 heavy (non-hydrogen) atoms. The first-order valence-electron chi connectivity index (χ1n) is 4.04. The molecule has 1 aromatic carbocycles. The molecule has 1 heterocycles. The maximum atomic E-state index is 4.16. The highest BCUT2D eigenvalue weighted by Crippen LogP contribution is 2.04. The van der Waals surface area contributed by atoms with E-state index in [4.69, 9.17) is 0 Å². The van der Waals surface area contributed by atoms with Crippen molar-refractivity contribution in [2.75, 3.05) is 0 Å². The van der Waals surface area contributed by atoms with Crippen LogP contribution in [0.15, 0.2) is 36.7 Å². The summed E-state index contributed by atoms with van der Waals surface area (Å²) in [6, 6.07) is 8.36. The second-order valence-electron chi connectivity index (χ2n) is 2.90. The van der Waals surface area contributed by atoms with Crippen molar-refractivity contribution in [3.63, 3.8) is 0 Å². The summed E-state index contributed by atoms with van der Waals surface area (Å²) in [7, 11) is 0. The third-order valence-corrected chi connectivity index (χ3v) is 2.01. The molecule has 0 unspecified atom stereocenters. The molecule has 2 nitrogen and oxygen atoms in total. The lowest BCUT2D eigenvalue weighted by atomic mass is 10.3. The zero-order valence-corrected chi connectivity index (χ0v) is 7.07. The van der Waals surface area contributed by atoms with Gasteiger partial charge in [0.15, 0.2) is 0 Å². The van der Waals surface area contributed by atoms with Gasteiger partial charge in [0.2, 0.25) is 0 Å². The van der Waals surface area contributed by atoms with Crippen molar-refractivity contribution in [3.05, 3.63) is 48.0 Å². The Labute approximate surface area is 71.8 Å². The summed E-state index contributed by atoms with van der Waals surface area (Å²) in [5, 5.41) is 0. The number of aromatic nitrogens is 2. The van der Waals surface area contributed by atoms with Gasteiger partial charge in [0.1, 0.15) is 5.82 Å². The summed E-state index contributed by atoms with van der Waals surface area (Å²) in [4.78, 5) is 4.16. The molecule has 2 rings (SSSR count). The van der Waals surface area contributed by atoms with E-state index < -0.39 is 0 Å². The molecule has 0 saturated carbocycles. The molecule has 0 fully saturated rings. The van der Waals surface area contributed by atoms with Crippen molar-refractivity contribution in [2.45, 2.75) is 13.5 Å². The SMILES string of the molecule is Cc1nccn1C[c-]1cccc1. The Morgan fingerprint density at radius 1 is 1.42 bits per heavy atom. The first-order valence-corrected chi connectivity index (χ1v) is 4.04. The van der Waals surface area contributed by atoms with Gasteiger partial charge in [-0.15, -0.1) is 5.56 Å². The van der Waals surface area contributed by atoms with Crippen molar-refractivity contribution in [3.8, 4) is 0 Å². The molecule has 0 aliphatic rings. The number of hydrogen-bond acceptors (Lipinski definition) is 1. The Kier molecular flexibility index (Phi) is 1.74. The molecule has 0 aliphatic carbocycles. The minimum absolute atomic E-state index is 0.929. The highest BCUT2D eigenvalue weighted by atomic mass is 15.0. The van der Waals surface area contributed by atoms with E-state index in [0.717, 1.165) is 12.4 Å². The van der Waals surface area contributed by atoms with E-state index in [1.54, 1.807) is 0 Å². The standard InChI is InChI=1S/C10H11N2/c1-9-11-6-7-12(9)8-10-4-2-3-5-10/h2-7H,8H2,1H3/q-1. The minimum atomic E-state index is 0.929. The maximum absolute atomic E-state index is 4.16. The molecule has 1 aromatic heterocycles. The molecule has 0 amide bonds. The van der Waals surface area contributed by atoms with E-state index in [2.05, 4.69) is 33.8 Å². The highest BCUT2D eigenvalue weighted by Gasteiger charge is 1.93. The molecular formula is C10H11N2-. The molecule has 0 saturated heterocycles. The summed E-state index contributed by atoms with van der Waals surface area (Å²) in [6.45, 7) is 2.95. The summed E-state index contributed by atoms with van der Waals surface area (Å²) in [6.07, 6.45) is 3.83. The molecule has 2 aromatic rings. The maximum Gasteiger partial charge on any atom is 0.104 e. The molecule has 0 N–H and O–H groups in total.